The van der Waals surface area contributed by atoms with Gasteiger partial charge in [-0.2, -0.15) is 0 Å². The van der Waals surface area contributed by atoms with Crippen LogP contribution in [0, 0.1) is 11.8 Å². The number of nitrogens with two attached hydrogens (primary N) is 1. The predicted molar refractivity (Wildman–Crippen MR) is 60.6 cm³/mol. The maximum Gasteiger partial charge on any atom is 0.0290 e. The molecule has 0 aromatic heterocycles. The van der Waals surface area contributed by atoms with E-state index in [1.165, 1.54) is 31.2 Å². The fraction of sp³-hybridized carbons (Fsp3) is 0.571. The Bertz CT molecular complexity index is 413. The molecule has 0 spiro atoms. The summed E-state index contributed by atoms with van der Waals surface area (Å²) in [4.78, 5) is 0. The van der Waals surface area contributed by atoms with Crippen LogP contribution in [0.1, 0.15) is 36.3 Å². The van der Waals surface area contributed by atoms with Crippen molar-refractivity contribution in [1.29, 1.82) is 0 Å². The van der Waals surface area contributed by atoms with Crippen molar-refractivity contribution >= 4 is 0 Å². The van der Waals surface area contributed by atoms with Gasteiger partial charge in [0.15, 0.2) is 0 Å². The highest BCUT2D eigenvalue weighted by atomic mass is 14.9. The van der Waals surface area contributed by atoms with Crippen molar-refractivity contribution in [2.75, 3.05) is 0 Å². The Hall–Kier alpha value is -0.820. The molecule has 1 nitrogen and oxygen atoms in total. The summed E-state index contributed by atoms with van der Waals surface area (Å²) in [5, 5.41) is 0. The van der Waals surface area contributed by atoms with Crippen molar-refractivity contribution < 1.29 is 0 Å². The summed E-state index contributed by atoms with van der Waals surface area (Å²) >= 11 is 0. The largest absolute Gasteiger partial charge is 0.324 e. The van der Waals surface area contributed by atoms with E-state index in [-0.39, 0.29) is 5.54 Å². The molecule has 15 heavy (non-hydrogen) atoms. The molecular formula is C14H17N. The van der Waals surface area contributed by atoms with Gasteiger partial charge in [-0.15, -0.1) is 0 Å². The van der Waals surface area contributed by atoms with Gasteiger partial charge in [0.05, 0.1) is 0 Å². The zero-order valence-corrected chi connectivity index (χ0v) is 8.95. The Morgan fingerprint density at radius 1 is 1.13 bits per heavy atom. The zero-order chi connectivity index (χ0) is 10.0. The molecule has 3 atom stereocenters. The minimum Gasteiger partial charge on any atom is -0.324 e. The topological polar surface area (TPSA) is 26.0 Å². The molecule has 3 unspecified atom stereocenters. The Balaban J connectivity index is 1.68. The van der Waals surface area contributed by atoms with Crippen LogP contribution in [0.4, 0.5) is 0 Å². The molecular weight excluding hydrogens is 182 g/mol. The van der Waals surface area contributed by atoms with E-state index in [1.54, 1.807) is 5.56 Å². The molecule has 3 aliphatic rings. The number of hydrogen-bond acceptors (Lipinski definition) is 1. The van der Waals surface area contributed by atoms with Crippen LogP contribution >= 0.6 is 0 Å². The fourth-order valence-electron chi connectivity index (χ4n) is 4.27. The van der Waals surface area contributed by atoms with Gasteiger partial charge in [-0.3, -0.25) is 0 Å². The first-order valence-corrected chi connectivity index (χ1v) is 6.18. The van der Waals surface area contributed by atoms with Crippen molar-refractivity contribution in [3.63, 3.8) is 0 Å². The Kier molecular flexibility index (Phi) is 1.37. The lowest BCUT2D eigenvalue weighted by Crippen LogP contribution is -2.41. The van der Waals surface area contributed by atoms with Crippen LogP contribution in [-0.2, 0) is 6.42 Å². The highest BCUT2D eigenvalue weighted by Crippen LogP contribution is 2.67. The minimum atomic E-state index is 0.201. The van der Waals surface area contributed by atoms with Crippen LogP contribution in [0.3, 0.4) is 0 Å². The van der Waals surface area contributed by atoms with Crippen molar-refractivity contribution in [3.05, 3.63) is 35.4 Å². The average Bonchev–Trinajstić information content (AvgIpc) is 2.66. The van der Waals surface area contributed by atoms with E-state index in [1.807, 2.05) is 0 Å². The lowest BCUT2D eigenvalue weighted by Gasteiger charge is -2.37. The average molecular weight is 199 g/mol. The van der Waals surface area contributed by atoms with Gasteiger partial charge in [-0.1, -0.05) is 30.7 Å². The molecule has 0 radical (unpaired) electrons. The summed E-state index contributed by atoms with van der Waals surface area (Å²) in [6, 6.07) is 8.85. The number of hydrogen-bond donors (Lipinski definition) is 1. The van der Waals surface area contributed by atoms with E-state index in [0.717, 1.165) is 11.8 Å². The summed E-state index contributed by atoms with van der Waals surface area (Å²) in [6.07, 6.45) is 5.43. The lowest BCUT2D eigenvalue weighted by molar-refractivity contribution is 0.386. The van der Waals surface area contributed by atoms with Gasteiger partial charge in [-0.25, -0.2) is 0 Å². The normalized spacial score (nSPS) is 45.5. The smallest absolute Gasteiger partial charge is 0.0290 e. The van der Waals surface area contributed by atoms with E-state index in [0.29, 0.717) is 5.92 Å². The zero-order valence-electron chi connectivity index (χ0n) is 8.95. The molecule has 78 valence electrons. The summed E-state index contributed by atoms with van der Waals surface area (Å²) in [6.45, 7) is 0. The van der Waals surface area contributed by atoms with Crippen LogP contribution in [0.2, 0.25) is 0 Å². The highest BCUT2D eigenvalue weighted by Gasteiger charge is 2.68. The Morgan fingerprint density at radius 2 is 1.87 bits per heavy atom. The molecule has 0 amide bonds. The molecule has 2 N–H and O–H groups in total. The van der Waals surface area contributed by atoms with Crippen LogP contribution in [0.25, 0.3) is 0 Å². The molecule has 3 aliphatic carbocycles. The second-order valence-electron chi connectivity index (χ2n) is 5.60. The van der Waals surface area contributed by atoms with Gasteiger partial charge >= 0.3 is 0 Å². The van der Waals surface area contributed by atoms with Crippen molar-refractivity contribution in [2.45, 2.75) is 37.1 Å². The maximum absolute atomic E-state index is 6.62. The summed E-state index contributed by atoms with van der Waals surface area (Å²) < 4.78 is 0. The molecule has 4 rings (SSSR count). The summed E-state index contributed by atoms with van der Waals surface area (Å²) in [5.41, 5.74) is 9.91. The molecule has 0 bridgehead atoms. The third-order valence-electron chi connectivity index (χ3n) is 5.15. The van der Waals surface area contributed by atoms with Crippen molar-refractivity contribution in [1.82, 2.24) is 0 Å². The predicted octanol–water partition coefficient (Wildman–Crippen LogP) is 2.45. The first kappa shape index (κ1) is 8.35. The molecule has 0 saturated heterocycles. The molecule has 1 aromatic carbocycles. The summed E-state index contributed by atoms with van der Waals surface area (Å²) in [7, 11) is 0. The first-order chi connectivity index (χ1) is 7.32. The van der Waals surface area contributed by atoms with Gasteiger partial charge in [-0.05, 0) is 42.2 Å². The number of rotatable bonds is 1. The molecule has 0 heterocycles. The van der Waals surface area contributed by atoms with Crippen LogP contribution in [0.5, 0.6) is 0 Å². The van der Waals surface area contributed by atoms with Crippen molar-refractivity contribution in [3.8, 4) is 0 Å². The van der Waals surface area contributed by atoms with Gasteiger partial charge < -0.3 is 5.73 Å². The number of benzene rings is 1. The lowest BCUT2D eigenvalue weighted by atomic mass is 9.70. The Labute approximate surface area is 90.7 Å². The van der Waals surface area contributed by atoms with E-state index in [9.17, 15) is 0 Å². The summed E-state index contributed by atoms with van der Waals surface area (Å²) in [5.74, 6) is 2.40. The molecule has 1 heteroatoms. The van der Waals surface area contributed by atoms with Crippen LogP contribution in [-0.4, -0.2) is 5.54 Å². The SMILES string of the molecule is NC1(C2Cc3ccccc32)C2CCCC21. The van der Waals surface area contributed by atoms with Crippen LogP contribution < -0.4 is 5.73 Å². The second-order valence-corrected chi connectivity index (χ2v) is 5.60. The second kappa shape index (κ2) is 2.46. The van der Waals surface area contributed by atoms with Crippen LogP contribution in [0.15, 0.2) is 24.3 Å². The first-order valence-electron chi connectivity index (χ1n) is 6.18. The van der Waals surface area contributed by atoms with E-state index in [4.69, 9.17) is 5.73 Å². The molecule has 1 aromatic rings. The third-order valence-corrected chi connectivity index (χ3v) is 5.15. The molecule has 2 fully saturated rings. The molecule has 2 saturated carbocycles. The minimum absolute atomic E-state index is 0.201. The standard InChI is InChI=1S/C14H17N/c15-14(11-6-3-7-12(11)14)13-8-9-4-1-2-5-10(9)13/h1-2,4-5,11-13H,3,6-8,15H2. The maximum atomic E-state index is 6.62. The molecule has 0 aliphatic heterocycles. The third kappa shape index (κ3) is 0.844. The van der Waals surface area contributed by atoms with Gasteiger partial charge in [0.25, 0.3) is 0 Å². The van der Waals surface area contributed by atoms with E-state index < -0.39 is 0 Å². The van der Waals surface area contributed by atoms with E-state index >= 15 is 0 Å². The van der Waals surface area contributed by atoms with E-state index in [2.05, 4.69) is 24.3 Å². The number of fused-ring (bicyclic) bond motifs is 2. The van der Waals surface area contributed by atoms with Crippen molar-refractivity contribution in [2.24, 2.45) is 17.6 Å². The highest BCUT2D eigenvalue weighted by molar-refractivity contribution is 5.46. The quantitative estimate of drug-likeness (QED) is 0.738. The van der Waals surface area contributed by atoms with Gasteiger partial charge in [0.2, 0.25) is 0 Å². The van der Waals surface area contributed by atoms with Gasteiger partial charge in [0.1, 0.15) is 0 Å². The Morgan fingerprint density at radius 3 is 2.60 bits per heavy atom. The fourth-order valence-corrected chi connectivity index (χ4v) is 4.27. The van der Waals surface area contributed by atoms with Gasteiger partial charge in [0, 0.05) is 11.5 Å². The monoisotopic (exact) mass is 199 g/mol.